The van der Waals surface area contributed by atoms with Crippen LogP contribution in [0.5, 0.6) is 0 Å². The molecule has 0 unspecified atom stereocenters. The number of hydrogen-bond acceptors (Lipinski definition) is 1. The van der Waals surface area contributed by atoms with Crippen LogP contribution in [-0.4, -0.2) is 0 Å². The molecule has 1 nitrogen and oxygen atoms in total. The summed E-state index contributed by atoms with van der Waals surface area (Å²) in [7, 11) is 0. The van der Waals surface area contributed by atoms with Crippen molar-refractivity contribution in [2.45, 2.75) is 39.5 Å². The largest absolute Gasteiger partial charge is 0.398 e. The monoisotopic (exact) mass is 195 g/mol. The van der Waals surface area contributed by atoms with Crippen LogP contribution in [0.3, 0.4) is 0 Å². The first-order valence-electron chi connectivity index (χ1n) is 5.25. The molecule has 0 aromatic heterocycles. The molecule has 2 heteroatoms. The van der Waals surface area contributed by atoms with Gasteiger partial charge in [0.25, 0.3) is 0 Å². The number of nitrogen functional groups attached to an aromatic ring is 1. The fourth-order valence-corrected chi connectivity index (χ4v) is 1.69. The topological polar surface area (TPSA) is 26.0 Å². The zero-order valence-corrected chi connectivity index (χ0v) is 8.94. The van der Waals surface area contributed by atoms with E-state index < -0.39 is 0 Å². The van der Waals surface area contributed by atoms with Crippen LogP contribution in [-0.2, 0) is 12.8 Å². The van der Waals surface area contributed by atoms with Crippen molar-refractivity contribution in [3.63, 3.8) is 0 Å². The summed E-state index contributed by atoms with van der Waals surface area (Å²) in [6.07, 6.45) is 3.72. The first kappa shape index (κ1) is 11.0. The van der Waals surface area contributed by atoms with Crippen LogP contribution in [0, 0.1) is 5.82 Å². The molecule has 0 saturated heterocycles. The molecule has 0 heterocycles. The Morgan fingerprint density at radius 2 is 1.50 bits per heavy atom. The van der Waals surface area contributed by atoms with Crippen molar-refractivity contribution in [2.75, 3.05) is 5.73 Å². The quantitative estimate of drug-likeness (QED) is 0.733. The molecule has 0 bridgehead atoms. The van der Waals surface area contributed by atoms with Crippen LogP contribution in [0.25, 0.3) is 0 Å². The van der Waals surface area contributed by atoms with E-state index in [2.05, 4.69) is 13.8 Å². The van der Waals surface area contributed by atoms with E-state index in [9.17, 15) is 4.39 Å². The second-order valence-electron chi connectivity index (χ2n) is 3.64. The van der Waals surface area contributed by atoms with Crippen LogP contribution in [0.2, 0.25) is 0 Å². The lowest BCUT2D eigenvalue weighted by Gasteiger charge is -2.10. The molecule has 0 spiro atoms. The van der Waals surface area contributed by atoms with E-state index >= 15 is 0 Å². The maximum atomic E-state index is 13.2. The fourth-order valence-electron chi connectivity index (χ4n) is 1.69. The number of aryl methyl sites for hydroxylation is 2. The molecule has 0 atom stereocenters. The van der Waals surface area contributed by atoms with Gasteiger partial charge < -0.3 is 5.73 Å². The number of benzene rings is 1. The Balaban J connectivity index is 3.04. The van der Waals surface area contributed by atoms with E-state index in [-0.39, 0.29) is 5.82 Å². The summed E-state index contributed by atoms with van der Waals surface area (Å²) in [5.41, 5.74) is 8.65. The van der Waals surface area contributed by atoms with E-state index in [1.807, 2.05) is 0 Å². The predicted octanol–water partition coefficient (Wildman–Crippen LogP) is 3.31. The number of halogens is 1. The summed E-state index contributed by atoms with van der Waals surface area (Å²) in [4.78, 5) is 0. The minimum Gasteiger partial charge on any atom is -0.398 e. The molecule has 1 aromatic rings. The average Bonchev–Trinajstić information content (AvgIpc) is 2.14. The summed E-state index contributed by atoms with van der Waals surface area (Å²) < 4.78 is 13.2. The van der Waals surface area contributed by atoms with Gasteiger partial charge in [-0.15, -0.1) is 0 Å². The molecule has 0 aliphatic carbocycles. The molecule has 0 amide bonds. The van der Waals surface area contributed by atoms with Gasteiger partial charge in [0.2, 0.25) is 0 Å². The van der Waals surface area contributed by atoms with Gasteiger partial charge in [0.1, 0.15) is 5.82 Å². The number of hydrogen-bond donors (Lipinski definition) is 1. The van der Waals surface area contributed by atoms with E-state index in [1.165, 1.54) is 0 Å². The van der Waals surface area contributed by atoms with Gasteiger partial charge in [0.05, 0.1) is 0 Å². The van der Waals surface area contributed by atoms with E-state index in [1.54, 1.807) is 12.1 Å². The van der Waals surface area contributed by atoms with Crippen molar-refractivity contribution in [3.8, 4) is 0 Å². The minimum atomic E-state index is -0.161. The highest BCUT2D eigenvalue weighted by molar-refractivity contribution is 5.54. The molecular formula is C12H18FN. The maximum Gasteiger partial charge on any atom is 0.123 e. The molecule has 0 fully saturated rings. The van der Waals surface area contributed by atoms with Crippen molar-refractivity contribution in [1.29, 1.82) is 0 Å². The Labute approximate surface area is 85.1 Å². The predicted molar refractivity (Wildman–Crippen MR) is 58.8 cm³/mol. The standard InChI is InChI=1S/C12H18FN/c1-3-5-9-7-11(13)8-10(6-4-2)12(9)14/h7-8H,3-6,14H2,1-2H3. The summed E-state index contributed by atoms with van der Waals surface area (Å²) in [5, 5.41) is 0. The van der Waals surface area contributed by atoms with Gasteiger partial charge in [-0.05, 0) is 36.1 Å². The number of nitrogens with two attached hydrogens (primary N) is 1. The van der Waals surface area contributed by atoms with Crippen LogP contribution < -0.4 is 5.73 Å². The third kappa shape index (κ3) is 2.47. The molecule has 1 rings (SSSR count). The lowest BCUT2D eigenvalue weighted by atomic mass is 10.0. The highest BCUT2D eigenvalue weighted by Crippen LogP contribution is 2.22. The molecule has 0 saturated carbocycles. The summed E-state index contributed by atoms with van der Waals surface area (Å²) in [6.45, 7) is 4.15. The third-order valence-electron chi connectivity index (χ3n) is 2.35. The van der Waals surface area contributed by atoms with Gasteiger partial charge >= 0.3 is 0 Å². The van der Waals surface area contributed by atoms with Crippen LogP contribution in [0.1, 0.15) is 37.8 Å². The van der Waals surface area contributed by atoms with Crippen LogP contribution >= 0.6 is 0 Å². The molecule has 0 radical (unpaired) electrons. The SMILES string of the molecule is CCCc1cc(F)cc(CCC)c1N. The van der Waals surface area contributed by atoms with E-state index in [4.69, 9.17) is 5.73 Å². The minimum absolute atomic E-state index is 0.161. The maximum absolute atomic E-state index is 13.2. The summed E-state index contributed by atoms with van der Waals surface area (Å²) in [5.74, 6) is -0.161. The van der Waals surface area contributed by atoms with E-state index in [0.29, 0.717) is 0 Å². The molecule has 2 N–H and O–H groups in total. The van der Waals surface area contributed by atoms with Gasteiger partial charge in [0.15, 0.2) is 0 Å². The fraction of sp³-hybridized carbons (Fsp3) is 0.500. The highest BCUT2D eigenvalue weighted by atomic mass is 19.1. The second-order valence-corrected chi connectivity index (χ2v) is 3.64. The number of rotatable bonds is 4. The lowest BCUT2D eigenvalue weighted by Crippen LogP contribution is -2.01. The Kier molecular flexibility index (Phi) is 3.93. The van der Waals surface area contributed by atoms with Crippen molar-refractivity contribution in [1.82, 2.24) is 0 Å². The van der Waals surface area contributed by atoms with Gasteiger partial charge in [-0.25, -0.2) is 4.39 Å². The first-order valence-corrected chi connectivity index (χ1v) is 5.25. The highest BCUT2D eigenvalue weighted by Gasteiger charge is 2.06. The first-order chi connectivity index (χ1) is 6.69. The average molecular weight is 195 g/mol. The second kappa shape index (κ2) is 4.99. The molecule has 78 valence electrons. The van der Waals surface area contributed by atoms with Gasteiger partial charge in [-0.2, -0.15) is 0 Å². The normalized spacial score (nSPS) is 10.5. The van der Waals surface area contributed by atoms with Crippen molar-refractivity contribution < 1.29 is 4.39 Å². The smallest absolute Gasteiger partial charge is 0.123 e. The molecule has 0 aliphatic rings. The molecular weight excluding hydrogens is 177 g/mol. The van der Waals surface area contributed by atoms with Crippen LogP contribution in [0.4, 0.5) is 10.1 Å². The third-order valence-corrected chi connectivity index (χ3v) is 2.35. The van der Waals surface area contributed by atoms with Crippen molar-refractivity contribution in [3.05, 3.63) is 29.1 Å². The van der Waals surface area contributed by atoms with E-state index in [0.717, 1.165) is 42.5 Å². The molecule has 14 heavy (non-hydrogen) atoms. The molecule has 0 aliphatic heterocycles. The number of anilines is 1. The zero-order valence-electron chi connectivity index (χ0n) is 8.94. The Bertz CT molecular complexity index is 280. The van der Waals surface area contributed by atoms with Crippen LogP contribution in [0.15, 0.2) is 12.1 Å². The summed E-state index contributed by atoms with van der Waals surface area (Å²) in [6, 6.07) is 3.11. The van der Waals surface area contributed by atoms with Crippen molar-refractivity contribution in [2.24, 2.45) is 0 Å². The lowest BCUT2D eigenvalue weighted by molar-refractivity contribution is 0.622. The zero-order chi connectivity index (χ0) is 10.6. The summed E-state index contributed by atoms with van der Waals surface area (Å²) >= 11 is 0. The Morgan fingerprint density at radius 3 is 1.86 bits per heavy atom. The Hall–Kier alpha value is -1.05. The Morgan fingerprint density at radius 1 is 1.07 bits per heavy atom. The molecule has 1 aromatic carbocycles. The van der Waals surface area contributed by atoms with Gasteiger partial charge in [0, 0.05) is 5.69 Å². The van der Waals surface area contributed by atoms with Gasteiger partial charge in [-0.3, -0.25) is 0 Å². The van der Waals surface area contributed by atoms with Gasteiger partial charge in [-0.1, -0.05) is 26.7 Å². The van der Waals surface area contributed by atoms with Crippen molar-refractivity contribution >= 4 is 5.69 Å².